The maximum absolute atomic E-state index is 11.5. The molecular formula is C9H17NO3V. The Hall–Kier alpha value is -0.476. The van der Waals surface area contributed by atoms with E-state index in [1.165, 1.54) is 4.90 Å². The van der Waals surface area contributed by atoms with Crippen LogP contribution >= 0.6 is 0 Å². The minimum absolute atomic E-state index is 0. The van der Waals surface area contributed by atoms with Crippen molar-refractivity contribution in [1.29, 1.82) is 0 Å². The SMILES string of the molecule is CC(C)C(=O)N(CC(=O)O)C(C)C.[V]. The van der Waals surface area contributed by atoms with Crippen LogP contribution in [-0.4, -0.2) is 34.5 Å². The van der Waals surface area contributed by atoms with Gasteiger partial charge in [-0.3, -0.25) is 9.59 Å². The van der Waals surface area contributed by atoms with Gasteiger partial charge < -0.3 is 10.0 Å². The first kappa shape index (κ1) is 16.0. The van der Waals surface area contributed by atoms with Gasteiger partial charge in [0.05, 0.1) is 0 Å². The molecule has 0 aliphatic rings. The summed E-state index contributed by atoms with van der Waals surface area (Å²) in [6.07, 6.45) is 0. The van der Waals surface area contributed by atoms with Crippen molar-refractivity contribution >= 4 is 11.9 Å². The van der Waals surface area contributed by atoms with E-state index in [1.807, 2.05) is 13.8 Å². The average Bonchev–Trinajstić information content (AvgIpc) is 1.97. The number of carboxylic acids is 1. The normalized spacial score (nSPS) is 9.86. The summed E-state index contributed by atoms with van der Waals surface area (Å²) in [5.74, 6) is -1.23. The Morgan fingerprint density at radius 1 is 1.21 bits per heavy atom. The summed E-state index contributed by atoms with van der Waals surface area (Å²) in [5.41, 5.74) is 0. The summed E-state index contributed by atoms with van der Waals surface area (Å²) in [5, 5.41) is 8.57. The summed E-state index contributed by atoms with van der Waals surface area (Å²) in [7, 11) is 0. The van der Waals surface area contributed by atoms with Gasteiger partial charge in [0.25, 0.3) is 0 Å². The molecule has 0 bridgehead atoms. The molecule has 0 saturated carbocycles. The molecule has 0 spiro atoms. The number of aliphatic carboxylic acids is 1. The first-order chi connectivity index (χ1) is 5.86. The molecule has 0 atom stereocenters. The molecular weight excluding hydrogens is 221 g/mol. The number of rotatable bonds is 4. The fourth-order valence-electron chi connectivity index (χ4n) is 0.992. The molecule has 0 saturated heterocycles. The molecule has 14 heavy (non-hydrogen) atoms. The number of carboxylic acid groups (broad SMARTS) is 1. The van der Waals surface area contributed by atoms with E-state index in [1.54, 1.807) is 13.8 Å². The monoisotopic (exact) mass is 238 g/mol. The molecule has 4 nitrogen and oxygen atoms in total. The predicted molar refractivity (Wildman–Crippen MR) is 49.3 cm³/mol. The van der Waals surface area contributed by atoms with Crippen LogP contribution < -0.4 is 0 Å². The third kappa shape index (κ3) is 5.30. The molecule has 81 valence electrons. The van der Waals surface area contributed by atoms with Crippen molar-refractivity contribution in [3.8, 4) is 0 Å². The molecule has 1 N–H and O–H groups in total. The predicted octanol–water partition coefficient (Wildman–Crippen LogP) is 0.962. The van der Waals surface area contributed by atoms with Gasteiger partial charge in [0.2, 0.25) is 5.91 Å². The third-order valence-electron chi connectivity index (χ3n) is 1.71. The van der Waals surface area contributed by atoms with Crippen LogP contribution in [0.4, 0.5) is 0 Å². The van der Waals surface area contributed by atoms with Gasteiger partial charge in [-0.2, -0.15) is 0 Å². The molecule has 0 aromatic heterocycles. The smallest absolute Gasteiger partial charge is 0.323 e. The summed E-state index contributed by atoms with van der Waals surface area (Å²) in [4.78, 5) is 23.3. The summed E-state index contributed by atoms with van der Waals surface area (Å²) in [6, 6.07) is -0.0639. The maximum atomic E-state index is 11.5. The Balaban J connectivity index is 0. The first-order valence-electron chi connectivity index (χ1n) is 4.38. The van der Waals surface area contributed by atoms with Crippen LogP contribution in [0.3, 0.4) is 0 Å². The van der Waals surface area contributed by atoms with E-state index in [2.05, 4.69) is 0 Å². The fourth-order valence-corrected chi connectivity index (χ4v) is 0.992. The topological polar surface area (TPSA) is 57.6 Å². The van der Waals surface area contributed by atoms with Gasteiger partial charge in [0.1, 0.15) is 6.54 Å². The minimum atomic E-state index is -0.970. The number of amides is 1. The van der Waals surface area contributed by atoms with Gasteiger partial charge in [0, 0.05) is 30.5 Å². The van der Waals surface area contributed by atoms with Gasteiger partial charge in [0.15, 0.2) is 0 Å². The van der Waals surface area contributed by atoms with E-state index >= 15 is 0 Å². The number of carbonyl (C=O) groups is 2. The van der Waals surface area contributed by atoms with Crippen LogP contribution in [0.2, 0.25) is 0 Å². The molecule has 0 aliphatic carbocycles. The number of carbonyl (C=O) groups excluding carboxylic acids is 1. The molecule has 0 rings (SSSR count). The summed E-state index contributed by atoms with van der Waals surface area (Å²) >= 11 is 0. The zero-order valence-corrected chi connectivity index (χ0v) is 10.4. The molecule has 0 heterocycles. The van der Waals surface area contributed by atoms with Crippen molar-refractivity contribution in [1.82, 2.24) is 4.90 Å². The Kier molecular flexibility index (Phi) is 7.87. The van der Waals surface area contributed by atoms with E-state index in [-0.39, 0.29) is 43.0 Å². The molecule has 0 aromatic rings. The van der Waals surface area contributed by atoms with Crippen molar-refractivity contribution in [2.45, 2.75) is 33.7 Å². The molecule has 5 heteroatoms. The van der Waals surface area contributed by atoms with Gasteiger partial charge in [-0.15, -0.1) is 0 Å². The van der Waals surface area contributed by atoms with Crippen LogP contribution in [0, 0.1) is 5.92 Å². The Bertz CT molecular complexity index is 204. The fraction of sp³-hybridized carbons (Fsp3) is 0.778. The van der Waals surface area contributed by atoms with Gasteiger partial charge in [-0.25, -0.2) is 0 Å². The number of hydrogen-bond acceptors (Lipinski definition) is 2. The minimum Gasteiger partial charge on any atom is -0.480 e. The maximum Gasteiger partial charge on any atom is 0.323 e. The number of nitrogens with zero attached hydrogens (tertiary/aromatic N) is 1. The van der Waals surface area contributed by atoms with Gasteiger partial charge in [-0.1, -0.05) is 13.8 Å². The van der Waals surface area contributed by atoms with Crippen LogP contribution in [0.5, 0.6) is 0 Å². The van der Waals surface area contributed by atoms with E-state index in [9.17, 15) is 9.59 Å². The van der Waals surface area contributed by atoms with E-state index in [4.69, 9.17) is 5.11 Å². The first-order valence-corrected chi connectivity index (χ1v) is 4.38. The van der Waals surface area contributed by atoms with Crippen LogP contribution in [-0.2, 0) is 28.1 Å². The molecule has 0 fully saturated rings. The largest absolute Gasteiger partial charge is 0.480 e. The quantitative estimate of drug-likeness (QED) is 0.793. The second-order valence-electron chi connectivity index (χ2n) is 3.61. The Labute approximate surface area is 96.5 Å². The van der Waals surface area contributed by atoms with Crippen molar-refractivity contribution in [2.75, 3.05) is 6.54 Å². The zero-order valence-electron chi connectivity index (χ0n) is 9.02. The van der Waals surface area contributed by atoms with Crippen molar-refractivity contribution in [3.63, 3.8) is 0 Å². The second kappa shape index (κ2) is 6.90. The standard InChI is InChI=1S/C9H17NO3.V/c1-6(2)9(13)10(7(3)4)5-8(11)12;/h6-7H,5H2,1-4H3,(H,11,12);. The molecule has 0 aromatic carbocycles. The Morgan fingerprint density at radius 2 is 1.64 bits per heavy atom. The van der Waals surface area contributed by atoms with Crippen LogP contribution in [0.15, 0.2) is 0 Å². The summed E-state index contributed by atoms with van der Waals surface area (Å²) in [6.45, 7) is 6.93. The average molecular weight is 238 g/mol. The number of hydrogen-bond donors (Lipinski definition) is 1. The van der Waals surface area contributed by atoms with Crippen molar-refractivity contribution in [2.24, 2.45) is 5.92 Å². The van der Waals surface area contributed by atoms with Crippen LogP contribution in [0.25, 0.3) is 0 Å². The Morgan fingerprint density at radius 3 is 1.86 bits per heavy atom. The molecule has 0 unspecified atom stereocenters. The third-order valence-corrected chi connectivity index (χ3v) is 1.71. The van der Waals surface area contributed by atoms with E-state index in [0.717, 1.165) is 0 Å². The van der Waals surface area contributed by atoms with Crippen LogP contribution in [0.1, 0.15) is 27.7 Å². The van der Waals surface area contributed by atoms with Crippen molar-refractivity contribution < 1.29 is 33.3 Å². The molecule has 1 radical (unpaired) electrons. The van der Waals surface area contributed by atoms with Crippen molar-refractivity contribution in [3.05, 3.63) is 0 Å². The van der Waals surface area contributed by atoms with Gasteiger partial charge >= 0.3 is 5.97 Å². The zero-order chi connectivity index (χ0) is 10.6. The van der Waals surface area contributed by atoms with E-state index < -0.39 is 5.97 Å². The van der Waals surface area contributed by atoms with E-state index in [0.29, 0.717) is 0 Å². The molecule has 1 amide bonds. The second-order valence-corrected chi connectivity index (χ2v) is 3.61. The summed E-state index contributed by atoms with van der Waals surface area (Å²) < 4.78 is 0. The molecule has 0 aliphatic heterocycles. The van der Waals surface area contributed by atoms with Gasteiger partial charge in [-0.05, 0) is 13.8 Å².